The molecule has 1 rings (SSSR count). The molecule has 1 aliphatic rings. The van der Waals surface area contributed by atoms with Crippen molar-refractivity contribution in [3.63, 3.8) is 0 Å². The minimum Gasteiger partial charge on any atom is -0.342 e. The standard InChI is InChI=1S/C13H26N2O/c1-4-12(14)6-5-7-15-9-11(10(2)3)8-13(15)16/h10-12H,4-9,14H2,1-3H3. The summed E-state index contributed by atoms with van der Waals surface area (Å²) in [6.07, 6.45) is 3.86. The second-order valence-electron chi connectivity index (χ2n) is 5.36. The minimum absolute atomic E-state index is 0.304. The molecule has 1 heterocycles. The van der Waals surface area contributed by atoms with E-state index in [1.165, 1.54) is 0 Å². The molecule has 0 radical (unpaired) electrons. The summed E-state index contributed by atoms with van der Waals surface area (Å²) in [6.45, 7) is 8.37. The summed E-state index contributed by atoms with van der Waals surface area (Å²) in [5, 5.41) is 0. The molecule has 94 valence electrons. The maximum absolute atomic E-state index is 11.7. The van der Waals surface area contributed by atoms with E-state index in [0.717, 1.165) is 38.8 Å². The number of nitrogens with two attached hydrogens (primary N) is 1. The molecule has 3 heteroatoms. The van der Waals surface area contributed by atoms with Crippen LogP contribution < -0.4 is 5.73 Å². The van der Waals surface area contributed by atoms with Gasteiger partial charge in [-0.05, 0) is 31.1 Å². The molecule has 0 aromatic heterocycles. The number of amides is 1. The molecule has 0 aromatic carbocycles. The molecule has 0 aromatic rings. The summed E-state index contributed by atoms with van der Waals surface area (Å²) >= 11 is 0. The van der Waals surface area contributed by atoms with Gasteiger partial charge in [-0.25, -0.2) is 0 Å². The molecule has 2 N–H and O–H groups in total. The van der Waals surface area contributed by atoms with Gasteiger partial charge in [0.15, 0.2) is 0 Å². The van der Waals surface area contributed by atoms with Crippen molar-refractivity contribution >= 4 is 5.91 Å². The Hall–Kier alpha value is -0.570. The first kappa shape index (κ1) is 13.5. The van der Waals surface area contributed by atoms with Gasteiger partial charge in [-0.3, -0.25) is 4.79 Å². The number of likely N-dealkylation sites (tertiary alicyclic amines) is 1. The van der Waals surface area contributed by atoms with E-state index in [9.17, 15) is 4.79 Å². The highest BCUT2D eigenvalue weighted by molar-refractivity contribution is 5.78. The van der Waals surface area contributed by atoms with Crippen LogP contribution in [0.4, 0.5) is 0 Å². The Kier molecular flexibility index (Phi) is 5.26. The minimum atomic E-state index is 0.304. The predicted octanol–water partition coefficient (Wildman–Crippen LogP) is 2.01. The fourth-order valence-corrected chi connectivity index (χ4v) is 2.21. The van der Waals surface area contributed by atoms with Crippen LogP contribution in [0.1, 0.15) is 46.5 Å². The van der Waals surface area contributed by atoms with E-state index in [4.69, 9.17) is 5.73 Å². The highest BCUT2D eigenvalue weighted by Gasteiger charge is 2.30. The molecule has 0 bridgehead atoms. The van der Waals surface area contributed by atoms with Crippen LogP contribution in [0.5, 0.6) is 0 Å². The Bertz CT molecular complexity index is 228. The average Bonchev–Trinajstić information content (AvgIpc) is 2.60. The van der Waals surface area contributed by atoms with Crippen molar-refractivity contribution in [2.45, 2.75) is 52.5 Å². The first-order valence-corrected chi connectivity index (χ1v) is 6.58. The van der Waals surface area contributed by atoms with Gasteiger partial charge in [0.25, 0.3) is 0 Å². The maximum Gasteiger partial charge on any atom is 0.222 e. The predicted molar refractivity (Wildman–Crippen MR) is 67.0 cm³/mol. The van der Waals surface area contributed by atoms with Crippen molar-refractivity contribution in [1.82, 2.24) is 4.90 Å². The molecule has 2 atom stereocenters. The molecular weight excluding hydrogens is 200 g/mol. The normalized spacial score (nSPS) is 23.2. The second-order valence-corrected chi connectivity index (χ2v) is 5.36. The summed E-state index contributed by atoms with van der Waals surface area (Å²) < 4.78 is 0. The lowest BCUT2D eigenvalue weighted by Gasteiger charge is -2.18. The molecule has 0 aliphatic carbocycles. The van der Waals surface area contributed by atoms with E-state index in [1.54, 1.807) is 0 Å². The number of hydrogen-bond acceptors (Lipinski definition) is 2. The lowest BCUT2D eigenvalue weighted by atomic mass is 9.95. The van der Waals surface area contributed by atoms with Crippen LogP contribution in [0.25, 0.3) is 0 Å². The van der Waals surface area contributed by atoms with Crippen LogP contribution in [-0.4, -0.2) is 29.9 Å². The summed E-state index contributed by atoms with van der Waals surface area (Å²) in [6, 6.07) is 0.304. The molecule has 16 heavy (non-hydrogen) atoms. The fraction of sp³-hybridized carbons (Fsp3) is 0.923. The van der Waals surface area contributed by atoms with Crippen LogP contribution in [0.15, 0.2) is 0 Å². The zero-order chi connectivity index (χ0) is 12.1. The third-order valence-electron chi connectivity index (χ3n) is 3.71. The van der Waals surface area contributed by atoms with E-state index in [1.807, 2.05) is 4.90 Å². The van der Waals surface area contributed by atoms with E-state index >= 15 is 0 Å². The van der Waals surface area contributed by atoms with Crippen molar-refractivity contribution in [3.8, 4) is 0 Å². The summed E-state index contributed by atoms with van der Waals surface area (Å²) in [5.41, 5.74) is 5.86. The highest BCUT2D eigenvalue weighted by Crippen LogP contribution is 2.24. The second kappa shape index (κ2) is 6.24. The summed E-state index contributed by atoms with van der Waals surface area (Å²) in [7, 11) is 0. The quantitative estimate of drug-likeness (QED) is 0.753. The molecule has 1 saturated heterocycles. The first-order valence-electron chi connectivity index (χ1n) is 6.58. The topological polar surface area (TPSA) is 46.3 Å². The fourth-order valence-electron chi connectivity index (χ4n) is 2.21. The van der Waals surface area contributed by atoms with Crippen LogP contribution in [0.2, 0.25) is 0 Å². The molecule has 0 spiro atoms. The largest absolute Gasteiger partial charge is 0.342 e. The number of nitrogens with zero attached hydrogens (tertiary/aromatic N) is 1. The van der Waals surface area contributed by atoms with E-state index < -0.39 is 0 Å². The van der Waals surface area contributed by atoms with E-state index in [-0.39, 0.29) is 0 Å². The van der Waals surface area contributed by atoms with Crippen LogP contribution >= 0.6 is 0 Å². The molecular formula is C13H26N2O. The molecule has 3 nitrogen and oxygen atoms in total. The Labute approximate surface area is 99.4 Å². The van der Waals surface area contributed by atoms with Gasteiger partial charge >= 0.3 is 0 Å². The van der Waals surface area contributed by atoms with Crippen molar-refractivity contribution in [2.24, 2.45) is 17.6 Å². The SMILES string of the molecule is CCC(N)CCCN1CC(C(C)C)CC1=O. The zero-order valence-electron chi connectivity index (χ0n) is 10.9. The first-order chi connectivity index (χ1) is 7.54. The number of hydrogen-bond donors (Lipinski definition) is 1. The third kappa shape index (κ3) is 3.78. The van der Waals surface area contributed by atoms with Crippen LogP contribution in [0, 0.1) is 11.8 Å². The zero-order valence-corrected chi connectivity index (χ0v) is 10.9. The van der Waals surface area contributed by atoms with Crippen LogP contribution in [-0.2, 0) is 4.79 Å². The summed E-state index contributed by atoms with van der Waals surface area (Å²) in [5.74, 6) is 1.52. The Morgan fingerprint density at radius 1 is 1.50 bits per heavy atom. The van der Waals surface area contributed by atoms with Crippen molar-refractivity contribution < 1.29 is 4.79 Å². The van der Waals surface area contributed by atoms with Gasteiger partial charge < -0.3 is 10.6 Å². The number of rotatable bonds is 6. The van der Waals surface area contributed by atoms with Gasteiger partial charge in [0.05, 0.1) is 0 Å². The number of carbonyl (C=O) groups excluding carboxylic acids is 1. The van der Waals surface area contributed by atoms with Crippen LogP contribution in [0.3, 0.4) is 0 Å². The van der Waals surface area contributed by atoms with E-state index in [0.29, 0.717) is 23.8 Å². The van der Waals surface area contributed by atoms with Gasteiger partial charge in [-0.1, -0.05) is 20.8 Å². The van der Waals surface area contributed by atoms with Gasteiger partial charge in [0, 0.05) is 25.6 Å². The van der Waals surface area contributed by atoms with Gasteiger partial charge in [0.1, 0.15) is 0 Å². The maximum atomic E-state index is 11.7. The lowest BCUT2D eigenvalue weighted by molar-refractivity contribution is -0.127. The van der Waals surface area contributed by atoms with Crippen molar-refractivity contribution in [1.29, 1.82) is 0 Å². The molecule has 2 unspecified atom stereocenters. The molecule has 1 amide bonds. The van der Waals surface area contributed by atoms with Crippen molar-refractivity contribution in [2.75, 3.05) is 13.1 Å². The third-order valence-corrected chi connectivity index (χ3v) is 3.71. The van der Waals surface area contributed by atoms with Gasteiger partial charge in [-0.2, -0.15) is 0 Å². The molecule has 0 saturated carbocycles. The van der Waals surface area contributed by atoms with Crippen molar-refractivity contribution in [3.05, 3.63) is 0 Å². The molecule has 1 fully saturated rings. The number of carbonyl (C=O) groups is 1. The Morgan fingerprint density at radius 2 is 2.19 bits per heavy atom. The van der Waals surface area contributed by atoms with Gasteiger partial charge in [-0.15, -0.1) is 0 Å². The average molecular weight is 226 g/mol. The Balaban J connectivity index is 2.25. The molecule has 1 aliphatic heterocycles. The van der Waals surface area contributed by atoms with E-state index in [2.05, 4.69) is 20.8 Å². The lowest BCUT2D eigenvalue weighted by Crippen LogP contribution is -2.28. The van der Waals surface area contributed by atoms with Gasteiger partial charge in [0.2, 0.25) is 5.91 Å². The monoisotopic (exact) mass is 226 g/mol. The smallest absolute Gasteiger partial charge is 0.222 e. The Morgan fingerprint density at radius 3 is 2.69 bits per heavy atom. The summed E-state index contributed by atoms with van der Waals surface area (Å²) in [4.78, 5) is 13.7. The highest BCUT2D eigenvalue weighted by atomic mass is 16.2.